The Morgan fingerprint density at radius 3 is 2.40 bits per heavy atom. The summed E-state index contributed by atoms with van der Waals surface area (Å²) in [6.07, 6.45) is 0.965. The first-order chi connectivity index (χ1) is 9.26. The molecule has 0 aliphatic rings. The van der Waals surface area contributed by atoms with Crippen molar-refractivity contribution in [1.82, 2.24) is 5.32 Å². The van der Waals surface area contributed by atoms with Crippen molar-refractivity contribution in [1.29, 1.82) is 0 Å². The van der Waals surface area contributed by atoms with Crippen molar-refractivity contribution >= 4 is 11.8 Å². The van der Waals surface area contributed by atoms with E-state index in [9.17, 15) is 8.78 Å². The first-order valence-electron chi connectivity index (χ1n) is 7.08. The zero-order valence-corrected chi connectivity index (χ0v) is 13.8. The largest absolute Gasteiger partial charge is 0.309 e. The van der Waals surface area contributed by atoms with Gasteiger partial charge in [0.2, 0.25) is 0 Å². The Balaban J connectivity index is 2.95. The molecule has 0 aromatic heterocycles. The predicted octanol–water partition coefficient (Wildman–Crippen LogP) is 4.85. The maximum Gasteiger partial charge on any atom is 0.163 e. The van der Waals surface area contributed by atoms with E-state index in [-0.39, 0.29) is 10.8 Å². The minimum absolute atomic E-state index is 0.103. The summed E-state index contributed by atoms with van der Waals surface area (Å²) in [5.74, 6) is -0.720. The number of halogens is 2. The van der Waals surface area contributed by atoms with Gasteiger partial charge in [-0.05, 0) is 25.5 Å². The smallest absolute Gasteiger partial charge is 0.163 e. The Labute approximate surface area is 125 Å². The zero-order chi connectivity index (χ0) is 15.3. The monoisotopic (exact) mass is 301 g/mol. The zero-order valence-electron chi connectivity index (χ0n) is 13.0. The van der Waals surface area contributed by atoms with Crippen LogP contribution in [-0.2, 0) is 0 Å². The fourth-order valence-electron chi connectivity index (χ4n) is 1.84. The quantitative estimate of drug-likeness (QED) is 0.806. The van der Waals surface area contributed by atoms with Crippen LogP contribution < -0.4 is 5.32 Å². The molecular weight excluding hydrogens is 276 g/mol. The fraction of sp³-hybridized carbons (Fsp3) is 0.625. The van der Waals surface area contributed by atoms with Crippen LogP contribution in [0.4, 0.5) is 8.78 Å². The van der Waals surface area contributed by atoms with E-state index in [1.165, 1.54) is 0 Å². The standard InChI is InChI=1S/C16H25F2NS/c1-6-9-19-13(10-20-16(3,4)5)12-8-7-11(2)14(17)15(12)18/h7-8,13,19H,6,9-10H2,1-5H3. The predicted molar refractivity (Wildman–Crippen MR) is 84.3 cm³/mol. The summed E-state index contributed by atoms with van der Waals surface area (Å²) in [5, 5.41) is 3.32. The molecule has 0 aliphatic carbocycles. The molecule has 1 aromatic carbocycles. The number of hydrogen-bond acceptors (Lipinski definition) is 2. The molecule has 114 valence electrons. The highest BCUT2D eigenvalue weighted by molar-refractivity contribution is 8.00. The summed E-state index contributed by atoms with van der Waals surface area (Å²) >= 11 is 1.75. The average molecular weight is 301 g/mol. The summed E-state index contributed by atoms with van der Waals surface area (Å²) in [4.78, 5) is 0. The molecule has 0 radical (unpaired) electrons. The van der Waals surface area contributed by atoms with Crippen molar-refractivity contribution in [3.05, 3.63) is 34.9 Å². The van der Waals surface area contributed by atoms with Gasteiger partial charge in [-0.2, -0.15) is 11.8 Å². The van der Waals surface area contributed by atoms with E-state index in [1.807, 2.05) is 0 Å². The number of benzene rings is 1. The third-order valence-corrected chi connectivity index (χ3v) is 4.37. The van der Waals surface area contributed by atoms with Crippen LogP contribution in [0.3, 0.4) is 0 Å². The first-order valence-corrected chi connectivity index (χ1v) is 8.06. The molecule has 4 heteroatoms. The first kappa shape index (κ1) is 17.4. The molecule has 0 amide bonds. The molecule has 20 heavy (non-hydrogen) atoms. The van der Waals surface area contributed by atoms with Gasteiger partial charge in [-0.1, -0.05) is 39.8 Å². The minimum atomic E-state index is -0.730. The van der Waals surface area contributed by atoms with Gasteiger partial charge in [0.1, 0.15) is 0 Å². The maximum atomic E-state index is 14.1. The SMILES string of the molecule is CCCNC(CSC(C)(C)C)c1ccc(C)c(F)c1F. The maximum absolute atomic E-state index is 14.1. The van der Waals surface area contributed by atoms with Gasteiger partial charge in [0.25, 0.3) is 0 Å². The van der Waals surface area contributed by atoms with Crippen LogP contribution >= 0.6 is 11.8 Å². The Hall–Kier alpha value is -0.610. The van der Waals surface area contributed by atoms with Gasteiger partial charge in [-0.25, -0.2) is 8.78 Å². The van der Waals surface area contributed by atoms with Crippen molar-refractivity contribution in [3.63, 3.8) is 0 Å². The van der Waals surface area contributed by atoms with Crippen LogP contribution in [0.25, 0.3) is 0 Å². The number of aryl methyl sites for hydroxylation is 1. The highest BCUT2D eigenvalue weighted by Crippen LogP contribution is 2.30. The fourth-order valence-corrected chi connectivity index (χ4v) is 2.80. The summed E-state index contributed by atoms with van der Waals surface area (Å²) in [7, 11) is 0. The molecule has 0 bridgehead atoms. The second-order valence-corrected chi connectivity index (χ2v) is 7.88. The molecule has 0 spiro atoms. The Morgan fingerprint density at radius 1 is 1.20 bits per heavy atom. The van der Waals surface area contributed by atoms with E-state index in [1.54, 1.807) is 30.8 Å². The van der Waals surface area contributed by atoms with Gasteiger partial charge >= 0.3 is 0 Å². The van der Waals surface area contributed by atoms with E-state index in [2.05, 4.69) is 33.0 Å². The molecule has 1 atom stereocenters. The topological polar surface area (TPSA) is 12.0 Å². The van der Waals surface area contributed by atoms with Crippen LogP contribution in [0.15, 0.2) is 12.1 Å². The van der Waals surface area contributed by atoms with Crippen molar-refractivity contribution in [2.45, 2.75) is 51.8 Å². The normalized spacial score (nSPS) is 13.6. The molecule has 1 nitrogen and oxygen atoms in total. The Morgan fingerprint density at radius 2 is 1.85 bits per heavy atom. The Bertz CT molecular complexity index is 441. The van der Waals surface area contributed by atoms with Crippen molar-refractivity contribution in [2.24, 2.45) is 0 Å². The third-order valence-electron chi connectivity index (χ3n) is 3.00. The lowest BCUT2D eigenvalue weighted by Gasteiger charge is -2.24. The van der Waals surface area contributed by atoms with E-state index in [0.29, 0.717) is 11.1 Å². The van der Waals surface area contributed by atoms with Crippen LogP contribution in [0.2, 0.25) is 0 Å². The number of rotatable bonds is 6. The highest BCUT2D eigenvalue weighted by Gasteiger charge is 2.21. The van der Waals surface area contributed by atoms with Gasteiger partial charge in [0, 0.05) is 22.1 Å². The lowest BCUT2D eigenvalue weighted by Crippen LogP contribution is -2.27. The van der Waals surface area contributed by atoms with Crippen molar-refractivity contribution in [3.8, 4) is 0 Å². The van der Waals surface area contributed by atoms with Gasteiger partial charge in [0.05, 0.1) is 0 Å². The van der Waals surface area contributed by atoms with Crippen LogP contribution in [0.5, 0.6) is 0 Å². The average Bonchev–Trinajstić information content (AvgIpc) is 2.36. The molecule has 0 heterocycles. The van der Waals surface area contributed by atoms with E-state index < -0.39 is 11.6 Å². The lowest BCUT2D eigenvalue weighted by molar-refractivity contribution is 0.470. The van der Waals surface area contributed by atoms with Gasteiger partial charge < -0.3 is 5.32 Å². The van der Waals surface area contributed by atoms with Gasteiger partial charge in [0.15, 0.2) is 11.6 Å². The molecule has 0 aliphatic heterocycles. The van der Waals surface area contributed by atoms with Gasteiger partial charge in [-0.15, -0.1) is 0 Å². The molecule has 0 saturated carbocycles. The minimum Gasteiger partial charge on any atom is -0.309 e. The second kappa shape index (κ2) is 7.41. The molecule has 0 saturated heterocycles. The van der Waals surface area contributed by atoms with Crippen LogP contribution in [-0.4, -0.2) is 17.0 Å². The molecule has 1 rings (SSSR count). The highest BCUT2D eigenvalue weighted by atomic mass is 32.2. The van der Waals surface area contributed by atoms with Crippen molar-refractivity contribution in [2.75, 3.05) is 12.3 Å². The van der Waals surface area contributed by atoms with Gasteiger partial charge in [-0.3, -0.25) is 0 Å². The van der Waals surface area contributed by atoms with E-state index in [4.69, 9.17) is 0 Å². The number of thioether (sulfide) groups is 1. The second-order valence-electron chi connectivity index (χ2n) is 6.03. The Kier molecular flexibility index (Phi) is 6.46. The summed E-state index contributed by atoms with van der Waals surface area (Å²) in [6.45, 7) is 10.8. The molecular formula is C16H25F2NS. The van der Waals surface area contributed by atoms with E-state index in [0.717, 1.165) is 18.7 Å². The number of hydrogen-bond donors (Lipinski definition) is 1. The molecule has 1 N–H and O–H groups in total. The summed E-state index contributed by atoms with van der Waals surface area (Å²) in [5.41, 5.74) is 0.780. The lowest BCUT2D eigenvalue weighted by atomic mass is 10.0. The molecule has 1 unspecified atom stereocenters. The third kappa shape index (κ3) is 5.06. The summed E-state index contributed by atoms with van der Waals surface area (Å²) < 4.78 is 28.0. The summed E-state index contributed by atoms with van der Waals surface area (Å²) in [6, 6.07) is 3.19. The molecule has 0 fully saturated rings. The van der Waals surface area contributed by atoms with Crippen LogP contribution in [0.1, 0.15) is 51.3 Å². The number of nitrogens with one attached hydrogen (secondary N) is 1. The van der Waals surface area contributed by atoms with Crippen molar-refractivity contribution < 1.29 is 8.78 Å². The van der Waals surface area contributed by atoms with Crippen LogP contribution in [0, 0.1) is 18.6 Å². The molecule has 1 aromatic rings. The van der Waals surface area contributed by atoms with E-state index >= 15 is 0 Å².